The molecule has 0 N–H and O–H groups in total. The van der Waals surface area contributed by atoms with E-state index in [0.717, 1.165) is 27.2 Å². The summed E-state index contributed by atoms with van der Waals surface area (Å²) >= 11 is 0. The minimum absolute atomic E-state index is 0.967. The van der Waals surface area contributed by atoms with Gasteiger partial charge in [0, 0.05) is 5.30 Å². The van der Waals surface area contributed by atoms with Gasteiger partial charge in [0.15, 0.2) is 0 Å². The molecule has 0 aliphatic heterocycles. The van der Waals surface area contributed by atoms with Crippen LogP contribution in [0.4, 0.5) is 0 Å². The topological polar surface area (TPSA) is 17.1 Å². The minimum Gasteiger partial charge on any atom is -0.319 e. The highest BCUT2D eigenvalue weighted by molar-refractivity contribution is 7.70. The maximum Gasteiger partial charge on any atom is 0.110 e. The number of benzene rings is 3. The van der Waals surface area contributed by atoms with Crippen LogP contribution >= 0.6 is 7.14 Å². The Kier molecular flexibility index (Phi) is 3.23. The van der Waals surface area contributed by atoms with Crippen LogP contribution in [0.2, 0.25) is 0 Å². The van der Waals surface area contributed by atoms with Gasteiger partial charge in [-0.3, -0.25) is 0 Å². The Labute approximate surface area is 119 Å². The van der Waals surface area contributed by atoms with Gasteiger partial charge in [-0.2, -0.15) is 0 Å². The second-order valence-electron chi connectivity index (χ2n) is 5.43. The number of hydrogen-bond acceptors (Lipinski definition) is 1. The summed E-state index contributed by atoms with van der Waals surface area (Å²) in [6.45, 7) is 3.67. The first kappa shape index (κ1) is 13.1. The normalized spacial score (nSPS) is 11.7. The van der Waals surface area contributed by atoms with Gasteiger partial charge in [0.2, 0.25) is 0 Å². The molecule has 0 bridgehead atoms. The van der Waals surface area contributed by atoms with E-state index in [-0.39, 0.29) is 0 Å². The molecule has 0 radical (unpaired) electrons. The molecular weight excluding hydrogens is 263 g/mol. The number of fused-ring (bicyclic) bond motifs is 1. The second-order valence-corrected chi connectivity index (χ2v) is 8.62. The Hall–Kier alpha value is -1.85. The van der Waals surface area contributed by atoms with Crippen molar-refractivity contribution in [1.29, 1.82) is 0 Å². The molecule has 2 heteroatoms. The molecule has 3 aromatic rings. The van der Waals surface area contributed by atoms with E-state index in [9.17, 15) is 4.57 Å². The van der Waals surface area contributed by atoms with Crippen LogP contribution in [0.5, 0.6) is 0 Å². The van der Waals surface area contributed by atoms with Crippen molar-refractivity contribution in [3.05, 3.63) is 66.7 Å². The molecule has 0 aliphatic carbocycles. The first-order valence-electron chi connectivity index (χ1n) is 6.69. The van der Waals surface area contributed by atoms with Crippen molar-refractivity contribution in [2.24, 2.45) is 0 Å². The predicted molar refractivity (Wildman–Crippen MR) is 88.5 cm³/mol. The van der Waals surface area contributed by atoms with Crippen LogP contribution < -0.4 is 5.30 Å². The van der Waals surface area contributed by atoms with Gasteiger partial charge in [-0.25, -0.2) is 0 Å². The van der Waals surface area contributed by atoms with Gasteiger partial charge in [-0.1, -0.05) is 54.6 Å². The highest BCUT2D eigenvalue weighted by Gasteiger charge is 2.16. The summed E-state index contributed by atoms with van der Waals surface area (Å²) in [5, 5.41) is 3.21. The second kappa shape index (κ2) is 4.92. The molecule has 1 nitrogen and oxygen atoms in total. The Bertz CT molecular complexity index is 800. The zero-order chi connectivity index (χ0) is 14.2. The van der Waals surface area contributed by atoms with Crippen molar-refractivity contribution in [2.75, 3.05) is 13.3 Å². The molecule has 0 unspecified atom stereocenters. The van der Waals surface area contributed by atoms with Gasteiger partial charge in [0.25, 0.3) is 0 Å². The van der Waals surface area contributed by atoms with E-state index in [1.165, 1.54) is 0 Å². The lowest BCUT2D eigenvalue weighted by Crippen LogP contribution is -2.05. The lowest BCUT2D eigenvalue weighted by molar-refractivity contribution is 0.588. The van der Waals surface area contributed by atoms with Crippen LogP contribution in [-0.2, 0) is 4.57 Å². The fourth-order valence-electron chi connectivity index (χ4n) is 2.53. The average Bonchev–Trinajstić information content (AvgIpc) is 2.46. The number of rotatable bonds is 2. The molecule has 0 heterocycles. The van der Waals surface area contributed by atoms with E-state index >= 15 is 0 Å². The first-order valence-corrected chi connectivity index (χ1v) is 9.29. The van der Waals surface area contributed by atoms with Gasteiger partial charge in [-0.05, 0) is 47.4 Å². The van der Waals surface area contributed by atoms with Gasteiger partial charge in [0.1, 0.15) is 7.14 Å². The summed E-state index contributed by atoms with van der Waals surface area (Å²) in [6, 6.07) is 22.7. The van der Waals surface area contributed by atoms with Gasteiger partial charge in [0.05, 0.1) is 0 Å². The molecule has 3 aromatic carbocycles. The first-order chi connectivity index (χ1) is 9.55. The van der Waals surface area contributed by atoms with E-state index in [4.69, 9.17) is 0 Å². The summed E-state index contributed by atoms with van der Waals surface area (Å²) < 4.78 is 12.6. The van der Waals surface area contributed by atoms with Gasteiger partial charge >= 0.3 is 0 Å². The largest absolute Gasteiger partial charge is 0.319 e. The minimum atomic E-state index is -2.31. The average molecular weight is 280 g/mol. The van der Waals surface area contributed by atoms with Crippen molar-refractivity contribution < 1.29 is 4.57 Å². The Morgan fingerprint density at radius 1 is 0.750 bits per heavy atom. The SMILES string of the molecule is CP(C)(=O)c1cc(-c2ccccc2)cc2ccccc12. The van der Waals surface area contributed by atoms with Gasteiger partial charge < -0.3 is 4.57 Å². The quantitative estimate of drug-likeness (QED) is 0.619. The Morgan fingerprint density at radius 2 is 1.40 bits per heavy atom. The molecule has 3 rings (SSSR count). The summed E-state index contributed by atoms with van der Waals surface area (Å²) in [4.78, 5) is 0. The molecule has 20 heavy (non-hydrogen) atoms. The molecule has 0 aromatic heterocycles. The monoisotopic (exact) mass is 280 g/mol. The fourth-order valence-corrected chi connectivity index (χ4v) is 3.77. The van der Waals surface area contributed by atoms with Crippen LogP contribution in [-0.4, -0.2) is 13.3 Å². The maximum atomic E-state index is 12.6. The van der Waals surface area contributed by atoms with Crippen molar-refractivity contribution >= 4 is 23.2 Å². The predicted octanol–water partition coefficient (Wildman–Crippen LogP) is 4.75. The van der Waals surface area contributed by atoms with E-state index in [1.54, 1.807) is 0 Å². The molecule has 0 aliphatic rings. The number of hydrogen-bond donors (Lipinski definition) is 0. The third-order valence-electron chi connectivity index (χ3n) is 3.53. The molecule has 100 valence electrons. The summed E-state index contributed by atoms with van der Waals surface area (Å²) in [7, 11) is -2.31. The highest BCUT2D eigenvalue weighted by atomic mass is 31.2. The summed E-state index contributed by atoms with van der Waals surface area (Å²) in [5.41, 5.74) is 2.29. The van der Waals surface area contributed by atoms with Crippen LogP contribution in [0, 0.1) is 0 Å². The fraction of sp³-hybridized carbons (Fsp3) is 0.111. The molecule has 0 spiro atoms. The molecule has 0 saturated heterocycles. The molecule has 0 fully saturated rings. The molecule has 0 saturated carbocycles. The van der Waals surface area contributed by atoms with E-state index < -0.39 is 7.14 Å². The third kappa shape index (κ3) is 2.42. The lowest BCUT2D eigenvalue weighted by atomic mass is 10.0. The summed E-state index contributed by atoms with van der Waals surface area (Å²) in [5.74, 6) is 0. The lowest BCUT2D eigenvalue weighted by Gasteiger charge is -2.14. The van der Waals surface area contributed by atoms with Crippen LogP contribution in [0.1, 0.15) is 0 Å². The maximum absolute atomic E-state index is 12.6. The molecule has 0 atom stereocenters. The van der Waals surface area contributed by atoms with E-state index in [0.29, 0.717) is 0 Å². The standard InChI is InChI=1S/C18H17OP/c1-20(2,19)18-13-16(14-8-4-3-5-9-14)12-15-10-6-7-11-17(15)18/h3-13H,1-2H3. The van der Waals surface area contributed by atoms with Crippen molar-refractivity contribution in [2.45, 2.75) is 0 Å². The smallest absolute Gasteiger partial charge is 0.110 e. The van der Waals surface area contributed by atoms with Crippen molar-refractivity contribution in [3.8, 4) is 11.1 Å². The van der Waals surface area contributed by atoms with Crippen molar-refractivity contribution in [3.63, 3.8) is 0 Å². The van der Waals surface area contributed by atoms with Crippen LogP contribution in [0.15, 0.2) is 66.7 Å². The summed E-state index contributed by atoms with van der Waals surface area (Å²) in [6.07, 6.45) is 0. The van der Waals surface area contributed by atoms with Gasteiger partial charge in [-0.15, -0.1) is 0 Å². The molecule has 0 amide bonds. The van der Waals surface area contributed by atoms with Crippen LogP contribution in [0.3, 0.4) is 0 Å². The zero-order valence-electron chi connectivity index (χ0n) is 11.7. The Balaban J connectivity index is 2.34. The highest BCUT2D eigenvalue weighted by Crippen LogP contribution is 2.39. The van der Waals surface area contributed by atoms with E-state index in [2.05, 4.69) is 36.4 Å². The Morgan fingerprint density at radius 3 is 2.10 bits per heavy atom. The third-order valence-corrected chi connectivity index (χ3v) is 5.06. The van der Waals surface area contributed by atoms with Crippen LogP contribution in [0.25, 0.3) is 21.9 Å². The zero-order valence-corrected chi connectivity index (χ0v) is 12.6. The van der Waals surface area contributed by atoms with E-state index in [1.807, 2.05) is 43.7 Å². The molecular formula is C18H17OP. The van der Waals surface area contributed by atoms with Crippen molar-refractivity contribution in [1.82, 2.24) is 0 Å².